The zero-order chi connectivity index (χ0) is 18.1. The van der Waals surface area contributed by atoms with Crippen LogP contribution in [0.3, 0.4) is 0 Å². The average molecular weight is 374 g/mol. The third-order valence-electron chi connectivity index (χ3n) is 1.52. The fourth-order valence-corrected chi connectivity index (χ4v) is 2.59. The Hall–Kier alpha value is 0.132. The summed E-state index contributed by atoms with van der Waals surface area (Å²) in [6.45, 7) is 0. The molecule has 0 atom stereocenters. The monoisotopic (exact) mass is 374 g/mol. The molecule has 0 aliphatic carbocycles. The summed E-state index contributed by atoms with van der Waals surface area (Å²) in [5.74, 6) is -30.0. The van der Waals surface area contributed by atoms with Gasteiger partial charge in [-0.2, -0.15) is 0 Å². The van der Waals surface area contributed by atoms with Crippen molar-refractivity contribution in [3.8, 4) is 0 Å². The quantitative estimate of drug-likeness (QED) is 0.328. The second-order valence-electron chi connectivity index (χ2n) is 2.85. The molecule has 128 valence electrons. The molecule has 0 saturated heterocycles. The summed E-state index contributed by atoms with van der Waals surface area (Å²) in [5.41, 5.74) is 0. The van der Waals surface area contributed by atoms with Gasteiger partial charge in [0.05, 0.1) is 7.32 Å². The summed E-state index contributed by atoms with van der Waals surface area (Å²) in [4.78, 5) is 0. The van der Waals surface area contributed by atoms with Crippen LogP contribution in [0.1, 0.15) is 0 Å². The van der Waals surface area contributed by atoms with Crippen molar-refractivity contribution in [2.24, 2.45) is 0 Å². The normalized spacial score (nSPS) is 13.8. The molecule has 0 saturated carbocycles. The van der Waals surface area contributed by atoms with Crippen molar-refractivity contribution in [2.75, 3.05) is 0 Å². The molecule has 0 aromatic heterocycles. The fraction of sp³-hybridized carbons (Fsp3) is 1.00. The summed E-state index contributed by atoms with van der Waals surface area (Å²) in [5, 5.41) is 24.0. The van der Waals surface area contributed by atoms with Crippen molar-refractivity contribution < 1.29 is 86.6 Å². The van der Waals surface area contributed by atoms with Crippen LogP contribution in [-0.4, -0.2) is 36.0 Å². The summed E-state index contributed by atoms with van der Waals surface area (Å²) in [6.07, 6.45) is 0. The van der Waals surface area contributed by atoms with Crippen LogP contribution in [0.2, 0.25) is 0 Å². The van der Waals surface area contributed by atoms with E-state index in [0.717, 1.165) is 0 Å². The van der Waals surface area contributed by atoms with E-state index in [2.05, 4.69) is 0 Å². The average Bonchev–Trinajstić information content (AvgIpc) is 1.86. The molecule has 3 nitrogen and oxygen atoms in total. The first kappa shape index (κ1) is 27.0. The SMILES string of the molecule is FC(F)(F)[P+](C(F)(F)F)(C(F)(F)F)C(F)(F)F.[Li+].[O-]B([O-])O. The van der Waals surface area contributed by atoms with Crippen LogP contribution >= 0.6 is 7.26 Å². The summed E-state index contributed by atoms with van der Waals surface area (Å²) in [7, 11) is -11.9. The minimum absolute atomic E-state index is 0. The van der Waals surface area contributed by atoms with E-state index < -0.39 is 38.3 Å². The topological polar surface area (TPSA) is 66.3 Å². The van der Waals surface area contributed by atoms with Crippen LogP contribution in [0.5, 0.6) is 0 Å². The summed E-state index contributed by atoms with van der Waals surface area (Å²) in [6, 6.07) is 0. The van der Waals surface area contributed by atoms with Crippen molar-refractivity contribution in [1.82, 2.24) is 0 Å². The maximum Gasteiger partial charge on any atom is 1.00 e. The maximum absolute atomic E-state index is 11.8. The first-order valence-electron chi connectivity index (χ1n) is 3.89. The molecule has 0 radical (unpaired) electrons. The minimum Gasteiger partial charge on any atom is -0.871 e. The predicted octanol–water partition coefficient (Wildman–Crippen LogP) is -1.23. The Bertz CT molecular complexity index is 269. The van der Waals surface area contributed by atoms with Crippen LogP contribution in [0.15, 0.2) is 0 Å². The van der Waals surface area contributed by atoms with Crippen LogP contribution in [0.25, 0.3) is 0 Å². The molecule has 1 N–H and O–H groups in total. The van der Waals surface area contributed by atoms with E-state index in [1.165, 1.54) is 0 Å². The van der Waals surface area contributed by atoms with Gasteiger partial charge in [0.1, 0.15) is 0 Å². The van der Waals surface area contributed by atoms with Crippen LogP contribution < -0.4 is 28.9 Å². The predicted molar refractivity (Wildman–Crippen MR) is 39.1 cm³/mol. The Balaban J connectivity index is -0.000000640. The molecular formula is C4HBF12LiO3P. The molecule has 0 unspecified atom stereocenters. The molecule has 0 aliphatic heterocycles. The van der Waals surface area contributed by atoms with Gasteiger partial charge in [0, 0.05) is 0 Å². The van der Waals surface area contributed by atoms with Crippen molar-refractivity contribution in [3.05, 3.63) is 0 Å². The molecule has 0 aromatic rings. The molecule has 18 heteroatoms. The van der Waals surface area contributed by atoms with E-state index in [0.29, 0.717) is 0 Å². The summed E-state index contributed by atoms with van der Waals surface area (Å²) < 4.78 is 141. The number of rotatable bonds is 0. The first-order chi connectivity index (χ1) is 8.73. The Morgan fingerprint density at radius 2 is 0.682 bits per heavy atom. The zero-order valence-electron chi connectivity index (χ0n) is 9.82. The molecule has 0 aliphatic rings. The molecule has 0 heterocycles. The Kier molecular flexibility index (Phi) is 9.58. The van der Waals surface area contributed by atoms with Crippen molar-refractivity contribution in [1.29, 1.82) is 0 Å². The van der Waals surface area contributed by atoms with Crippen molar-refractivity contribution in [2.45, 2.75) is 23.7 Å². The van der Waals surface area contributed by atoms with Gasteiger partial charge in [-0.05, 0) is 0 Å². The molecule has 0 rings (SSSR count). The van der Waals surface area contributed by atoms with Gasteiger partial charge in [0.2, 0.25) is 0 Å². The minimum atomic E-state index is -9.23. The van der Waals surface area contributed by atoms with Crippen molar-refractivity contribution >= 4 is 14.6 Å². The van der Waals surface area contributed by atoms with Gasteiger partial charge in [-0.15, -0.1) is 52.7 Å². The largest absolute Gasteiger partial charge is 1.00 e. The smallest absolute Gasteiger partial charge is 0.871 e. The van der Waals surface area contributed by atoms with E-state index in [9.17, 15) is 52.7 Å². The number of alkyl halides is 12. The van der Waals surface area contributed by atoms with Gasteiger partial charge >= 0.3 is 49.8 Å². The van der Waals surface area contributed by atoms with Crippen LogP contribution in [0.4, 0.5) is 52.7 Å². The summed E-state index contributed by atoms with van der Waals surface area (Å²) >= 11 is 0. The molecule has 0 aromatic carbocycles. The number of halogens is 12. The second kappa shape index (κ2) is 7.80. The zero-order valence-corrected chi connectivity index (χ0v) is 10.7. The van der Waals surface area contributed by atoms with E-state index in [-0.39, 0.29) is 18.9 Å². The fourth-order valence-electron chi connectivity index (χ4n) is 0.862. The van der Waals surface area contributed by atoms with Gasteiger partial charge in [-0.25, -0.2) is 0 Å². The van der Waals surface area contributed by atoms with Crippen LogP contribution in [-0.2, 0) is 0 Å². The van der Waals surface area contributed by atoms with E-state index >= 15 is 0 Å². The third kappa shape index (κ3) is 5.64. The number of hydrogen-bond acceptors (Lipinski definition) is 3. The van der Waals surface area contributed by atoms with E-state index in [4.69, 9.17) is 15.1 Å². The Morgan fingerprint density at radius 3 is 0.682 bits per heavy atom. The first-order valence-corrected chi connectivity index (χ1v) is 5.68. The molecule has 22 heavy (non-hydrogen) atoms. The third-order valence-corrected chi connectivity index (χ3v) is 4.56. The van der Waals surface area contributed by atoms with Gasteiger partial charge in [-0.1, -0.05) is 0 Å². The number of hydrogen-bond donors (Lipinski definition) is 1. The van der Waals surface area contributed by atoms with Gasteiger partial charge in [0.15, 0.2) is 0 Å². The van der Waals surface area contributed by atoms with Gasteiger partial charge < -0.3 is 15.1 Å². The van der Waals surface area contributed by atoms with Gasteiger partial charge in [-0.3, -0.25) is 0 Å². The molecule has 0 spiro atoms. The van der Waals surface area contributed by atoms with Gasteiger partial charge in [0.25, 0.3) is 0 Å². The van der Waals surface area contributed by atoms with Crippen molar-refractivity contribution in [3.63, 3.8) is 0 Å². The molecule has 0 amide bonds. The Morgan fingerprint density at radius 1 is 0.591 bits per heavy atom. The Labute approximate surface area is 126 Å². The van der Waals surface area contributed by atoms with E-state index in [1.54, 1.807) is 0 Å². The second-order valence-corrected chi connectivity index (χ2v) is 6.22. The molecule has 0 fully saturated rings. The maximum atomic E-state index is 11.8. The standard InChI is InChI=1S/C4F12P.BHO3.Li/c5-1(6,7)17(2(8,9)10,3(11,12)13)4(14,15)16;2-1(3)4;/h;2H;/q+1;-2;+1. The van der Waals surface area contributed by atoms with E-state index in [1.807, 2.05) is 0 Å². The molecular weight excluding hydrogens is 373 g/mol. The molecule has 0 bridgehead atoms. The van der Waals surface area contributed by atoms with Crippen LogP contribution in [0, 0.1) is 0 Å².